The van der Waals surface area contributed by atoms with Crippen LogP contribution in [0.1, 0.15) is 17.7 Å². The SMILES string of the molecule is Cc1cc(-c2ccccc2OCCCN(C)C)c(C#N)c(=O)[nH]1. The average molecular weight is 311 g/mol. The zero-order chi connectivity index (χ0) is 16.8. The van der Waals surface area contributed by atoms with Crippen molar-refractivity contribution < 1.29 is 4.74 Å². The zero-order valence-corrected chi connectivity index (χ0v) is 13.7. The Hall–Kier alpha value is -2.58. The number of benzene rings is 1. The molecule has 1 aromatic heterocycles. The molecule has 0 spiro atoms. The van der Waals surface area contributed by atoms with Gasteiger partial charge >= 0.3 is 0 Å². The molecule has 0 aliphatic heterocycles. The summed E-state index contributed by atoms with van der Waals surface area (Å²) in [6.07, 6.45) is 0.904. The van der Waals surface area contributed by atoms with Crippen LogP contribution in [0, 0.1) is 18.3 Å². The van der Waals surface area contributed by atoms with Gasteiger partial charge in [0.25, 0.3) is 5.56 Å². The molecule has 0 fully saturated rings. The van der Waals surface area contributed by atoms with Gasteiger partial charge in [-0.2, -0.15) is 5.26 Å². The third kappa shape index (κ3) is 4.21. The minimum absolute atomic E-state index is 0.111. The van der Waals surface area contributed by atoms with Gasteiger partial charge in [-0.15, -0.1) is 0 Å². The number of hydrogen-bond donors (Lipinski definition) is 1. The fourth-order valence-corrected chi connectivity index (χ4v) is 2.39. The van der Waals surface area contributed by atoms with Crippen molar-refractivity contribution in [2.24, 2.45) is 0 Å². The van der Waals surface area contributed by atoms with Crippen molar-refractivity contribution in [1.82, 2.24) is 9.88 Å². The van der Waals surface area contributed by atoms with Gasteiger partial charge in [0, 0.05) is 23.4 Å². The Morgan fingerprint density at radius 1 is 1.26 bits per heavy atom. The molecule has 1 N–H and O–H groups in total. The molecule has 2 rings (SSSR count). The molecule has 0 bridgehead atoms. The van der Waals surface area contributed by atoms with E-state index in [0.29, 0.717) is 23.6 Å². The molecule has 0 unspecified atom stereocenters. The molecule has 0 amide bonds. The van der Waals surface area contributed by atoms with Crippen molar-refractivity contribution in [1.29, 1.82) is 5.26 Å². The summed E-state index contributed by atoms with van der Waals surface area (Å²) in [5, 5.41) is 9.30. The molecule has 2 aromatic rings. The van der Waals surface area contributed by atoms with Gasteiger partial charge in [0.05, 0.1) is 6.61 Å². The first kappa shape index (κ1) is 16.8. The van der Waals surface area contributed by atoms with Crippen LogP contribution in [-0.2, 0) is 0 Å². The third-order valence-corrected chi connectivity index (χ3v) is 3.46. The number of H-pyrrole nitrogens is 1. The fourth-order valence-electron chi connectivity index (χ4n) is 2.39. The number of ether oxygens (including phenoxy) is 1. The maximum absolute atomic E-state index is 12.0. The summed E-state index contributed by atoms with van der Waals surface area (Å²) in [5.41, 5.74) is 1.83. The molecule has 5 nitrogen and oxygen atoms in total. The lowest BCUT2D eigenvalue weighted by Gasteiger charge is -2.14. The molecular weight excluding hydrogens is 290 g/mol. The lowest BCUT2D eigenvalue weighted by atomic mass is 10.00. The van der Waals surface area contributed by atoms with E-state index in [2.05, 4.69) is 9.88 Å². The number of hydrogen-bond acceptors (Lipinski definition) is 4. The van der Waals surface area contributed by atoms with Crippen LogP contribution in [0.3, 0.4) is 0 Å². The fraction of sp³-hybridized carbons (Fsp3) is 0.333. The Balaban J connectivity index is 2.34. The molecule has 0 saturated carbocycles. The van der Waals surface area contributed by atoms with Crippen LogP contribution in [0.4, 0.5) is 0 Å². The van der Waals surface area contributed by atoms with Crippen LogP contribution in [0.5, 0.6) is 5.75 Å². The topological polar surface area (TPSA) is 69.1 Å². The lowest BCUT2D eigenvalue weighted by molar-refractivity contribution is 0.282. The van der Waals surface area contributed by atoms with Gasteiger partial charge in [-0.25, -0.2) is 0 Å². The normalized spacial score (nSPS) is 10.6. The number of aryl methyl sites for hydroxylation is 1. The smallest absolute Gasteiger partial charge is 0.266 e. The van der Waals surface area contributed by atoms with Crippen molar-refractivity contribution in [3.8, 4) is 22.9 Å². The number of aromatic amines is 1. The highest BCUT2D eigenvalue weighted by molar-refractivity contribution is 5.75. The van der Waals surface area contributed by atoms with Gasteiger partial charge in [0.1, 0.15) is 17.4 Å². The Bertz CT molecular complexity index is 773. The van der Waals surface area contributed by atoms with E-state index in [1.165, 1.54) is 0 Å². The summed E-state index contributed by atoms with van der Waals surface area (Å²) in [4.78, 5) is 16.7. The number of nitrogens with one attached hydrogen (secondary N) is 1. The summed E-state index contributed by atoms with van der Waals surface area (Å²) >= 11 is 0. The molecule has 0 aliphatic rings. The van der Waals surface area contributed by atoms with E-state index in [1.54, 1.807) is 6.92 Å². The second kappa shape index (κ2) is 7.61. The van der Waals surface area contributed by atoms with E-state index in [-0.39, 0.29) is 11.1 Å². The second-order valence-electron chi connectivity index (χ2n) is 5.68. The predicted molar refractivity (Wildman–Crippen MR) is 90.6 cm³/mol. The van der Waals surface area contributed by atoms with Crippen LogP contribution in [0.25, 0.3) is 11.1 Å². The number of aromatic nitrogens is 1. The number of nitrogens with zero attached hydrogens (tertiary/aromatic N) is 2. The van der Waals surface area contributed by atoms with Gasteiger partial charge < -0.3 is 14.6 Å². The van der Waals surface area contributed by atoms with Crippen LogP contribution in [0.2, 0.25) is 0 Å². The largest absolute Gasteiger partial charge is 0.493 e. The highest BCUT2D eigenvalue weighted by Gasteiger charge is 2.14. The van der Waals surface area contributed by atoms with Crippen molar-refractivity contribution in [3.05, 3.63) is 51.9 Å². The van der Waals surface area contributed by atoms with Gasteiger partial charge in [-0.05, 0) is 39.6 Å². The second-order valence-corrected chi connectivity index (χ2v) is 5.68. The zero-order valence-electron chi connectivity index (χ0n) is 13.7. The molecule has 0 radical (unpaired) electrons. The van der Waals surface area contributed by atoms with E-state index in [4.69, 9.17) is 4.74 Å². The average Bonchev–Trinajstić information content (AvgIpc) is 2.51. The summed E-state index contributed by atoms with van der Waals surface area (Å²) in [6, 6.07) is 11.3. The standard InChI is InChI=1S/C18H21N3O2/c1-13-11-15(16(12-19)18(22)20-13)14-7-4-5-8-17(14)23-10-6-9-21(2)3/h4-5,7-8,11H,6,9-10H2,1-3H3,(H,20,22). The first-order chi connectivity index (χ1) is 11.0. The molecule has 0 saturated heterocycles. The van der Waals surface area contributed by atoms with Crippen molar-refractivity contribution in [2.45, 2.75) is 13.3 Å². The van der Waals surface area contributed by atoms with E-state index >= 15 is 0 Å². The summed E-state index contributed by atoms with van der Waals surface area (Å²) in [6.45, 7) is 3.32. The Labute approximate surface area is 136 Å². The monoisotopic (exact) mass is 311 g/mol. The van der Waals surface area contributed by atoms with E-state index < -0.39 is 0 Å². The van der Waals surface area contributed by atoms with Crippen molar-refractivity contribution >= 4 is 0 Å². The van der Waals surface area contributed by atoms with Crippen molar-refractivity contribution in [2.75, 3.05) is 27.2 Å². The van der Waals surface area contributed by atoms with Crippen LogP contribution in [0.15, 0.2) is 35.1 Å². The quantitative estimate of drug-likeness (QED) is 0.832. The maximum atomic E-state index is 12.0. The predicted octanol–water partition coefficient (Wildman–Crippen LogP) is 2.55. The minimum atomic E-state index is -0.370. The third-order valence-electron chi connectivity index (χ3n) is 3.46. The summed E-state index contributed by atoms with van der Waals surface area (Å²) in [7, 11) is 4.04. The van der Waals surface area contributed by atoms with Gasteiger partial charge in [-0.3, -0.25) is 4.79 Å². The summed E-state index contributed by atoms with van der Waals surface area (Å²) in [5.74, 6) is 0.688. The maximum Gasteiger partial charge on any atom is 0.266 e. The Kier molecular flexibility index (Phi) is 5.56. The number of para-hydroxylation sites is 1. The highest BCUT2D eigenvalue weighted by Crippen LogP contribution is 2.31. The van der Waals surface area contributed by atoms with Crippen molar-refractivity contribution in [3.63, 3.8) is 0 Å². The molecule has 1 aromatic carbocycles. The molecule has 0 aliphatic carbocycles. The van der Waals surface area contributed by atoms with Crippen LogP contribution >= 0.6 is 0 Å². The molecule has 1 heterocycles. The molecule has 0 atom stereocenters. The van der Waals surface area contributed by atoms with E-state index in [9.17, 15) is 10.1 Å². The number of pyridine rings is 1. The number of rotatable bonds is 6. The first-order valence-corrected chi connectivity index (χ1v) is 7.54. The molecular formula is C18H21N3O2. The molecule has 23 heavy (non-hydrogen) atoms. The van der Waals surface area contributed by atoms with Gasteiger partial charge in [0.15, 0.2) is 0 Å². The first-order valence-electron chi connectivity index (χ1n) is 7.54. The Morgan fingerprint density at radius 3 is 2.70 bits per heavy atom. The van der Waals surface area contributed by atoms with Crippen LogP contribution < -0.4 is 10.3 Å². The highest BCUT2D eigenvalue weighted by atomic mass is 16.5. The molecule has 5 heteroatoms. The van der Waals surface area contributed by atoms with Gasteiger partial charge in [0.2, 0.25) is 0 Å². The van der Waals surface area contributed by atoms with Gasteiger partial charge in [-0.1, -0.05) is 18.2 Å². The number of nitriles is 1. The molecule has 120 valence electrons. The Morgan fingerprint density at radius 2 is 2.00 bits per heavy atom. The van der Waals surface area contributed by atoms with E-state index in [1.807, 2.05) is 50.5 Å². The minimum Gasteiger partial charge on any atom is -0.493 e. The van der Waals surface area contributed by atoms with E-state index in [0.717, 1.165) is 18.5 Å². The van der Waals surface area contributed by atoms with Crippen LogP contribution in [-0.4, -0.2) is 37.1 Å². The lowest BCUT2D eigenvalue weighted by Crippen LogP contribution is -2.16. The summed E-state index contributed by atoms with van der Waals surface area (Å²) < 4.78 is 5.87.